The van der Waals surface area contributed by atoms with E-state index in [-0.39, 0.29) is 14.8 Å². The first-order chi connectivity index (χ1) is 11.0. The molecule has 0 aliphatic carbocycles. The average Bonchev–Trinajstić information content (AvgIpc) is 3.01. The van der Waals surface area contributed by atoms with Crippen molar-refractivity contribution in [2.75, 3.05) is 4.72 Å². The maximum atomic E-state index is 12.6. The first-order valence-electron chi connectivity index (χ1n) is 6.56. The predicted molar refractivity (Wildman–Crippen MR) is 88.3 cm³/mol. The number of anilines is 1. The summed E-state index contributed by atoms with van der Waals surface area (Å²) in [4.78, 5) is 11.7. The summed E-state index contributed by atoms with van der Waals surface area (Å²) in [7, 11) is -3.79. The summed E-state index contributed by atoms with van der Waals surface area (Å²) >= 11 is 0.930. The fraction of sp³-hybridized carbons (Fsp3) is 0. The van der Waals surface area contributed by atoms with Gasteiger partial charge in [0.05, 0.1) is 9.77 Å². The maximum Gasteiger partial charge on any atom is 0.284 e. The third-order valence-corrected chi connectivity index (χ3v) is 5.76. The van der Waals surface area contributed by atoms with Crippen molar-refractivity contribution >= 4 is 43.0 Å². The number of sulfonamides is 1. The minimum Gasteiger partial charge on any atom is -0.288 e. The van der Waals surface area contributed by atoms with Crippen LogP contribution in [0.15, 0.2) is 59.5 Å². The highest BCUT2D eigenvalue weighted by Crippen LogP contribution is 2.28. The minimum absolute atomic E-state index is 0.164. The summed E-state index contributed by atoms with van der Waals surface area (Å²) in [6, 6.07) is 15.1. The van der Waals surface area contributed by atoms with E-state index in [9.17, 15) is 13.2 Å². The van der Waals surface area contributed by atoms with Gasteiger partial charge in [0, 0.05) is 5.39 Å². The Labute approximate surface area is 136 Å². The van der Waals surface area contributed by atoms with Crippen molar-refractivity contribution in [2.45, 2.75) is 4.90 Å². The molecule has 23 heavy (non-hydrogen) atoms. The van der Waals surface area contributed by atoms with E-state index in [1.54, 1.807) is 18.2 Å². The molecule has 118 valence electrons. The molecule has 1 aromatic heterocycles. The molecule has 0 saturated carbocycles. The Balaban J connectivity index is 1.98. The number of carbonyl (C=O) groups is 1. The van der Waals surface area contributed by atoms with Gasteiger partial charge in [0.2, 0.25) is 0 Å². The standard InChI is InChI=1S/C15H12N2O4S2/c18-15(16-19)12-8-9-14(22-12)17-23(20,21)13-7-3-5-10-4-1-2-6-11(10)13/h1-9,17,19H,(H,16,18). The molecule has 0 bridgehead atoms. The normalized spacial score (nSPS) is 11.3. The van der Waals surface area contributed by atoms with E-state index in [1.807, 2.05) is 18.2 Å². The monoisotopic (exact) mass is 348 g/mol. The highest BCUT2D eigenvalue weighted by Gasteiger charge is 2.19. The molecular formula is C15H12N2O4S2. The predicted octanol–water partition coefficient (Wildman–Crippen LogP) is 2.82. The van der Waals surface area contributed by atoms with E-state index < -0.39 is 15.9 Å². The largest absolute Gasteiger partial charge is 0.288 e. The lowest BCUT2D eigenvalue weighted by atomic mass is 10.1. The molecule has 1 heterocycles. The molecule has 6 nitrogen and oxygen atoms in total. The van der Waals surface area contributed by atoms with Crippen LogP contribution in [0.4, 0.5) is 5.00 Å². The number of hydroxylamine groups is 1. The van der Waals surface area contributed by atoms with E-state index in [2.05, 4.69) is 4.72 Å². The number of nitrogens with one attached hydrogen (secondary N) is 2. The molecule has 1 amide bonds. The fourth-order valence-electron chi connectivity index (χ4n) is 2.19. The van der Waals surface area contributed by atoms with Crippen molar-refractivity contribution in [2.24, 2.45) is 0 Å². The van der Waals surface area contributed by atoms with Crippen molar-refractivity contribution in [3.05, 3.63) is 59.5 Å². The van der Waals surface area contributed by atoms with Gasteiger partial charge in [0.1, 0.15) is 5.00 Å². The molecule has 3 aromatic rings. The Hall–Kier alpha value is -2.42. The van der Waals surface area contributed by atoms with Crippen LogP contribution in [-0.4, -0.2) is 19.5 Å². The summed E-state index contributed by atoms with van der Waals surface area (Å²) < 4.78 is 27.7. The molecular weight excluding hydrogens is 336 g/mol. The van der Waals surface area contributed by atoms with Crippen LogP contribution in [0.3, 0.4) is 0 Å². The average molecular weight is 348 g/mol. The first-order valence-corrected chi connectivity index (χ1v) is 8.86. The molecule has 0 aliphatic heterocycles. The molecule has 8 heteroatoms. The van der Waals surface area contributed by atoms with Crippen molar-refractivity contribution in [1.82, 2.24) is 5.48 Å². The molecule has 3 N–H and O–H groups in total. The van der Waals surface area contributed by atoms with Crippen LogP contribution < -0.4 is 10.2 Å². The Morgan fingerprint density at radius 3 is 2.52 bits per heavy atom. The Morgan fingerprint density at radius 1 is 1.00 bits per heavy atom. The number of thiophene rings is 1. The van der Waals surface area contributed by atoms with E-state index >= 15 is 0 Å². The number of amides is 1. The minimum atomic E-state index is -3.79. The van der Waals surface area contributed by atoms with Gasteiger partial charge in [-0.2, -0.15) is 0 Å². The summed E-state index contributed by atoms with van der Waals surface area (Å²) in [5.74, 6) is -0.689. The maximum absolute atomic E-state index is 12.6. The van der Waals surface area contributed by atoms with Crippen LogP contribution in [0.2, 0.25) is 0 Å². The van der Waals surface area contributed by atoms with E-state index in [0.717, 1.165) is 16.7 Å². The lowest BCUT2D eigenvalue weighted by Gasteiger charge is -2.09. The van der Waals surface area contributed by atoms with Crippen LogP contribution in [0.1, 0.15) is 9.67 Å². The van der Waals surface area contributed by atoms with E-state index in [4.69, 9.17) is 5.21 Å². The van der Waals surface area contributed by atoms with Gasteiger partial charge in [-0.05, 0) is 23.6 Å². The van der Waals surface area contributed by atoms with Crippen LogP contribution in [0.25, 0.3) is 10.8 Å². The molecule has 0 radical (unpaired) electrons. The second-order valence-electron chi connectivity index (χ2n) is 4.69. The fourth-order valence-corrected chi connectivity index (χ4v) is 4.51. The van der Waals surface area contributed by atoms with Gasteiger partial charge in [-0.25, -0.2) is 13.9 Å². The Kier molecular flexibility index (Phi) is 4.03. The number of carbonyl (C=O) groups excluding carboxylic acids is 1. The van der Waals surface area contributed by atoms with Gasteiger partial charge < -0.3 is 0 Å². The van der Waals surface area contributed by atoms with Crippen molar-refractivity contribution in [3.63, 3.8) is 0 Å². The number of rotatable bonds is 4. The molecule has 2 aromatic carbocycles. The zero-order valence-electron chi connectivity index (χ0n) is 11.7. The molecule has 3 rings (SSSR count). The summed E-state index contributed by atoms with van der Waals surface area (Å²) in [5, 5.41) is 10.3. The van der Waals surface area contributed by atoms with Crippen LogP contribution in [-0.2, 0) is 10.0 Å². The third-order valence-electron chi connectivity index (χ3n) is 3.21. The van der Waals surface area contributed by atoms with Gasteiger partial charge in [0.15, 0.2) is 0 Å². The molecule has 0 saturated heterocycles. The lowest BCUT2D eigenvalue weighted by molar-refractivity contribution is 0.0711. The molecule has 0 unspecified atom stereocenters. The summed E-state index contributed by atoms with van der Waals surface area (Å²) in [5.41, 5.74) is 1.51. The smallest absolute Gasteiger partial charge is 0.284 e. The third kappa shape index (κ3) is 3.04. The molecule has 0 fully saturated rings. The van der Waals surface area contributed by atoms with Crippen LogP contribution in [0.5, 0.6) is 0 Å². The van der Waals surface area contributed by atoms with Gasteiger partial charge in [0.25, 0.3) is 15.9 Å². The lowest BCUT2D eigenvalue weighted by Crippen LogP contribution is -2.17. The molecule has 0 aliphatic rings. The number of fused-ring (bicyclic) bond motifs is 1. The van der Waals surface area contributed by atoms with Crippen molar-refractivity contribution < 1.29 is 18.4 Å². The van der Waals surface area contributed by atoms with Gasteiger partial charge in [-0.3, -0.25) is 14.7 Å². The van der Waals surface area contributed by atoms with Crippen molar-refractivity contribution in [1.29, 1.82) is 0 Å². The second-order valence-corrected chi connectivity index (χ2v) is 7.42. The quantitative estimate of drug-likeness (QED) is 0.499. The molecule has 0 spiro atoms. The topological polar surface area (TPSA) is 95.5 Å². The van der Waals surface area contributed by atoms with Gasteiger partial charge in [-0.15, -0.1) is 11.3 Å². The van der Waals surface area contributed by atoms with Gasteiger partial charge in [-0.1, -0.05) is 36.4 Å². The van der Waals surface area contributed by atoms with Gasteiger partial charge >= 0.3 is 0 Å². The second kappa shape index (κ2) is 5.99. The number of benzene rings is 2. The number of hydrogen-bond donors (Lipinski definition) is 3. The van der Waals surface area contributed by atoms with E-state index in [0.29, 0.717) is 5.39 Å². The SMILES string of the molecule is O=C(NO)c1ccc(NS(=O)(=O)c2cccc3ccccc23)s1. The highest BCUT2D eigenvalue weighted by atomic mass is 32.2. The highest BCUT2D eigenvalue weighted by molar-refractivity contribution is 7.93. The number of hydrogen-bond acceptors (Lipinski definition) is 5. The molecule has 0 atom stereocenters. The summed E-state index contributed by atoms with van der Waals surface area (Å²) in [6.45, 7) is 0. The zero-order valence-corrected chi connectivity index (χ0v) is 13.3. The van der Waals surface area contributed by atoms with Crippen LogP contribution >= 0.6 is 11.3 Å². The van der Waals surface area contributed by atoms with E-state index in [1.165, 1.54) is 23.7 Å². The Morgan fingerprint density at radius 2 is 1.74 bits per heavy atom. The summed E-state index contributed by atoms with van der Waals surface area (Å²) in [6.07, 6.45) is 0. The first kappa shape index (κ1) is 15.5. The Bertz CT molecular complexity index is 975. The van der Waals surface area contributed by atoms with Crippen molar-refractivity contribution in [3.8, 4) is 0 Å². The zero-order chi connectivity index (χ0) is 16.4. The van der Waals surface area contributed by atoms with Crippen LogP contribution in [0, 0.1) is 0 Å².